The summed E-state index contributed by atoms with van der Waals surface area (Å²) in [6.45, 7) is 1.81. The van der Waals surface area contributed by atoms with Crippen LogP contribution >= 0.6 is 11.8 Å². The Labute approximate surface area is 204 Å². The SMILES string of the molecule is CC[C@@]1(c2ccccc2)NC(=O)N(NC(=O)CSc2ncnc3c2cnn3-c2ccccc2)C1=O. The average molecular weight is 488 g/mol. The molecule has 0 saturated carbocycles. The smallest absolute Gasteiger partial charge is 0.318 e. The maximum Gasteiger partial charge on any atom is 0.344 e. The third kappa shape index (κ3) is 3.99. The summed E-state index contributed by atoms with van der Waals surface area (Å²) in [5.41, 5.74) is 3.34. The first-order valence-corrected chi connectivity index (χ1v) is 11.9. The lowest BCUT2D eigenvalue weighted by molar-refractivity contribution is -0.138. The van der Waals surface area contributed by atoms with Crippen LogP contribution in [-0.4, -0.2) is 48.4 Å². The molecule has 2 aromatic carbocycles. The molecular weight excluding hydrogens is 466 g/mol. The van der Waals surface area contributed by atoms with Crippen LogP contribution in [-0.2, 0) is 15.1 Å². The monoisotopic (exact) mass is 487 g/mol. The molecule has 0 aliphatic carbocycles. The summed E-state index contributed by atoms with van der Waals surface area (Å²) in [6.07, 6.45) is 3.40. The molecule has 11 heteroatoms. The fraction of sp³-hybridized carbons (Fsp3) is 0.167. The van der Waals surface area contributed by atoms with Gasteiger partial charge in [-0.05, 0) is 24.1 Å². The zero-order chi connectivity index (χ0) is 24.4. The van der Waals surface area contributed by atoms with Gasteiger partial charge in [0.25, 0.3) is 5.91 Å². The number of imide groups is 1. The third-order valence-electron chi connectivity index (χ3n) is 5.80. The van der Waals surface area contributed by atoms with Gasteiger partial charge in [-0.25, -0.2) is 19.4 Å². The zero-order valence-corrected chi connectivity index (χ0v) is 19.5. The van der Waals surface area contributed by atoms with Gasteiger partial charge in [-0.1, -0.05) is 67.2 Å². The lowest BCUT2D eigenvalue weighted by Crippen LogP contribution is -2.49. The number of hydrogen-bond acceptors (Lipinski definition) is 7. The summed E-state index contributed by atoms with van der Waals surface area (Å²) in [5, 5.41) is 9.16. The molecule has 1 aliphatic rings. The summed E-state index contributed by atoms with van der Waals surface area (Å²) in [7, 11) is 0. The predicted molar refractivity (Wildman–Crippen MR) is 129 cm³/mol. The summed E-state index contributed by atoms with van der Waals surface area (Å²) in [5.74, 6) is -1.10. The van der Waals surface area contributed by atoms with Gasteiger partial charge in [0, 0.05) is 0 Å². The van der Waals surface area contributed by atoms with Gasteiger partial charge in [-0.2, -0.15) is 10.1 Å². The van der Waals surface area contributed by atoms with E-state index in [0.717, 1.165) is 10.7 Å². The number of carbonyl (C=O) groups excluding carboxylic acids is 3. The van der Waals surface area contributed by atoms with Crippen molar-refractivity contribution in [2.75, 3.05) is 5.75 Å². The fourth-order valence-electron chi connectivity index (χ4n) is 4.03. The molecule has 0 unspecified atom stereocenters. The number of hydrazine groups is 1. The van der Waals surface area contributed by atoms with Crippen molar-refractivity contribution in [3.63, 3.8) is 0 Å². The number of urea groups is 1. The number of nitrogens with zero attached hydrogens (tertiary/aromatic N) is 5. The number of nitrogens with one attached hydrogen (secondary N) is 2. The molecule has 0 bridgehead atoms. The Morgan fingerprint density at radius 3 is 2.49 bits per heavy atom. The van der Waals surface area contributed by atoms with Gasteiger partial charge >= 0.3 is 6.03 Å². The molecule has 35 heavy (non-hydrogen) atoms. The second-order valence-electron chi connectivity index (χ2n) is 7.83. The highest BCUT2D eigenvalue weighted by molar-refractivity contribution is 8.00. The lowest BCUT2D eigenvalue weighted by atomic mass is 9.87. The fourth-order valence-corrected chi connectivity index (χ4v) is 4.78. The quantitative estimate of drug-likeness (QED) is 0.233. The van der Waals surface area contributed by atoms with E-state index >= 15 is 0 Å². The highest BCUT2D eigenvalue weighted by Crippen LogP contribution is 2.32. The maximum atomic E-state index is 13.2. The molecule has 1 aliphatic heterocycles. The molecule has 1 fully saturated rings. The number of amides is 4. The van der Waals surface area contributed by atoms with Gasteiger partial charge in [0.05, 0.1) is 23.0 Å². The average Bonchev–Trinajstić information content (AvgIpc) is 3.44. The van der Waals surface area contributed by atoms with Crippen molar-refractivity contribution in [1.29, 1.82) is 0 Å². The molecule has 4 aromatic rings. The van der Waals surface area contributed by atoms with Crippen LogP contribution in [0.1, 0.15) is 18.9 Å². The highest BCUT2D eigenvalue weighted by atomic mass is 32.2. The van der Waals surface area contributed by atoms with Gasteiger partial charge in [-0.3, -0.25) is 15.0 Å². The molecule has 2 aromatic heterocycles. The Morgan fingerprint density at radius 2 is 1.77 bits per heavy atom. The summed E-state index contributed by atoms with van der Waals surface area (Å²) >= 11 is 1.17. The van der Waals surface area contributed by atoms with Gasteiger partial charge < -0.3 is 5.32 Å². The molecule has 3 heterocycles. The van der Waals surface area contributed by atoms with E-state index in [1.165, 1.54) is 18.1 Å². The van der Waals surface area contributed by atoms with E-state index in [9.17, 15) is 14.4 Å². The van der Waals surface area contributed by atoms with E-state index in [4.69, 9.17) is 0 Å². The van der Waals surface area contributed by atoms with E-state index < -0.39 is 23.4 Å². The number of rotatable bonds is 7. The number of para-hydroxylation sites is 1. The number of thioether (sulfide) groups is 1. The summed E-state index contributed by atoms with van der Waals surface area (Å²) in [4.78, 5) is 47.1. The van der Waals surface area contributed by atoms with Gasteiger partial charge in [0.2, 0.25) is 5.91 Å². The number of carbonyl (C=O) groups is 3. The van der Waals surface area contributed by atoms with Crippen molar-refractivity contribution in [2.45, 2.75) is 23.9 Å². The number of benzene rings is 2. The van der Waals surface area contributed by atoms with Crippen molar-refractivity contribution in [3.8, 4) is 5.69 Å². The van der Waals surface area contributed by atoms with Crippen LogP contribution in [0.5, 0.6) is 0 Å². The van der Waals surface area contributed by atoms with Crippen LogP contribution in [0.15, 0.2) is 78.2 Å². The normalized spacial score (nSPS) is 17.6. The molecule has 0 spiro atoms. The molecule has 1 atom stereocenters. The topological polar surface area (TPSA) is 122 Å². The predicted octanol–water partition coefficient (Wildman–Crippen LogP) is 2.80. The molecule has 10 nitrogen and oxygen atoms in total. The first-order chi connectivity index (χ1) is 17.0. The molecule has 4 amide bonds. The minimum absolute atomic E-state index is 0.0653. The number of hydrogen-bond donors (Lipinski definition) is 2. The van der Waals surface area contributed by atoms with E-state index in [2.05, 4.69) is 25.8 Å². The summed E-state index contributed by atoms with van der Waals surface area (Å²) < 4.78 is 1.70. The third-order valence-corrected chi connectivity index (χ3v) is 6.80. The Bertz CT molecular complexity index is 1410. The van der Waals surface area contributed by atoms with Crippen LogP contribution in [0, 0.1) is 0 Å². The standard InChI is InChI=1S/C24H21N7O3S/c1-2-24(16-9-5-3-6-10-16)22(33)31(23(34)28-24)29-19(32)14-35-21-18-13-27-30(20(18)25-15-26-21)17-11-7-4-8-12-17/h3-13,15H,2,14H2,1H3,(H,28,34)(H,29,32)/t24-/m0/s1. The molecule has 176 valence electrons. The first-order valence-electron chi connectivity index (χ1n) is 10.9. The van der Waals surface area contributed by atoms with Crippen molar-refractivity contribution >= 4 is 40.6 Å². The highest BCUT2D eigenvalue weighted by Gasteiger charge is 2.52. The minimum Gasteiger partial charge on any atom is -0.318 e. The van der Waals surface area contributed by atoms with Gasteiger partial charge in [0.15, 0.2) is 5.65 Å². The van der Waals surface area contributed by atoms with Gasteiger partial charge in [0.1, 0.15) is 16.9 Å². The Morgan fingerprint density at radius 1 is 1.06 bits per heavy atom. The van der Waals surface area contributed by atoms with Crippen LogP contribution < -0.4 is 10.7 Å². The second kappa shape index (κ2) is 9.18. The van der Waals surface area contributed by atoms with Gasteiger partial charge in [-0.15, -0.1) is 0 Å². The Hall–Kier alpha value is -4.25. The minimum atomic E-state index is -1.22. The largest absolute Gasteiger partial charge is 0.344 e. The molecule has 1 saturated heterocycles. The Kier molecular flexibility index (Phi) is 5.91. The van der Waals surface area contributed by atoms with Crippen molar-refractivity contribution in [3.05, 3.63) is 78.8 Å². The molecular formula is C24H21N7O3S. The van der Waals surface area contributed by atoms with Crippen molar-refractivity contribution < 1.29 is 14.4 Å². The Balaban J connectivity index is 1.30. The van der Waals surface area contributed by atoms with Crippen LogP contribution in [0.25, 0.3) is 16.7 Å². The van der Waals surface area contributed by atoms with Crippen molar-refractivity contribution in [1.82, 2.24) is 35.5 Å². The van der Waals surface area contributed by atoms with E-state index in [1.54, 1.807) is 35.1 Å². The summed E-state index contributed by atoms with van der Waals surface area (Å²) in [6, 6.07) is 17.9. The zero-order valence-electron chi connectivity index (χ0n) is 18.7. The van der Waals surface area contributed by atoms with Crippen LogP contribution in [0.2, 0.25) is 0 Å². The second-order valence-corrected chi connectivity index (χ2v) is 8.79. The van der Waals surface area contributed by atoms with Crippen LogP contribution in [0.3, 0.4) is 0 Å². The van der Waals surface area contributed by atoms with E-state index in [0.29, 0.717) is 28.0 Å². The number of fused-ring (bicyclic) bond motifs is 1. The molecule has 2 N–H and O–H groups in total. The molecule has 5 rings (SSSR count). The number of aromatic nitrogens is 4. The van der Waals surface area contributed by atoms with Crippen molar-refractivity contribution in [2.24, 2.45) is 0 Å². The molecule has 0 radical (unpaired) electrons. The lowest BCUT2D eigenvalue weighted by Gasteiger charge is -2.25. The first kappa shape index (κ1) is 22.5. The van der Waals surface area contributed by atoms with E-state index in [1.807, 2.05) is 43.3 Å². The van der Waals surface area contributed by atoms with Crippen LogP contribution in [0.4, 0.5) is 4.79 Å². The van der Waals surface area contributed by atoms with E-state index in [-0.39, 0.29) is 5.75 Å². The maximum absolute atomic E-state index is 13.2.